The molecule has 0 aromatic heterocycles. The van der Waals surface area contributed by atoms with Gasteiger partial charge in [-0.1, -0.05) is 30.3 Å². The van der Waals surface area contributed by atoms with Crippen LogP contribution in [0.3, 0.4) is 0 Å². The average molecular weight is 331 g/mol. The molecular weight excluding hydrogens is 314 g/mol. The molecule has 116 valence electrons. The second-order valence-corrected chi connectivity index (χ2v) is 9.79. The molecule has 2 fully saturated rings. The number of aliphatic hydroxyl groups excluding tert-OH is 1. The summed E-state index contributed by atoms with van der Waals surface area (Å²) in [7, 11) is -6.99. The van der Waals surface area contributed by atoms with Crippen molar-refractivity contribution in [2.75, 3.05) is 11.5 Å². The molecule has 0 spiro atoms. The van der Waals surface area contributed by atoms with Gasteiger partial charge in [-0.15, -0.1) is 0 Å². The van der Waals surface area contributed by atoms with Gasteiger partial charge in [-0.3, -0.25) is 0 Å². The topological polar surface area (TPSA) is 101 Å². The van der Waals surface area contributed by atoms with Gasteiger partial charge < -0.3 is 5.11 Å². The second-order valence-electron chi connectivity index (χ2n) is 5.70. The maximum Gasteiger partial charge on any atom is 0.215 e. The fourth-order valence-electron chi connectivity index (χ4n) is 2.81. The van der Waals surface area contributed by atoms with Crippen LogP contribution in [-0.2, 0) is 19.9 Å². The van der Waals surface area contributed by atoms with Crippen molar-refractivity contribution in [2.24, 2.45) is 0 Å². The van der Waals surface area contributed by atoms with Crippen molar-refractivity contribution >= 4 is 19.9 Å². The van der Waals surface area contributed by atoms with E-state index >= 15 is 0 Å². The van der Waals surface area contributed by atoms with Gasteiger partial charge in [-0.25, -0.2) is 21.6 Å². The van der Waals surface area contributed by atoms with Crippen LogP contribution in [0.5, 0.6) is 0 Å². The second kappa shape index (κ2) is 5.05. The number of sulfonamides is 1. The standard InChI is InChI=1S/C13H17NO5S2/c15-12-8-20(16,17)7-11(12)14-21(18,19)13-6-10(13)9-4-2-1-3-5-9/h1-5,10-15H,6-8H2/t10-,11+,12+,13+/m0/s1. The first-order valence-electron chi connectivity index (χ1n) is 6.73. The Hall–Kier alpha value is -0.960. The highest BCUT2D eigenvalue weighted by molar-refractivity contribution is 7.92. The first kappa shape index (κ1) is 15.0. The van der Waals surface area contributed by atoms with Crippen LogP contribution in [0.1, 0.15) is 17.9 Å². The van der Waals surface area contributed by atoms with Crippen LogP contribution < -0.4 is 4.72 Å². The van der Waals surface area contributed by atoms with E-state index in [9.17, 15) is 21.9 Å². The quantitative estimate of drug-likeness (QED) is 0.783. The lowest BCUT2D eigenvalue weighted by Crippen LogP contribution is -2.44. The Labute approximate surface area is 124 Å². The van der Waals surface area contributed by atoms with Gasteiger partial charge in [0, 0.05) is 5.92 Å². The first-order chi connectivity index (χ1) is 9.78. The highest BCUT2D eigenvalue weighted by atomic mass is 32.2. The van der Waals surface area contributed by atoms with E-state index in [0.29, 0.717) is 6.42 Å². The van der Waals surface area contributed by atoms with Gasteiger partial charge in [0.25, 0.3) is 0 Å². The Kier molecular flexibility index (Phi) is 3.59. The molecule has 6 nitrogen and oxygen atoms in total. The minimum absolute atomic E-state index is 0.0566. The molecule has 8 heteroatoms. The molecule has 3 rings (SSSR count). The van der Waals surface area contributed by atoms with Crippen molar-refractivity contribution < 1.29 is 21.9 Å². The summed E-state index contributed by atoms with van der Waals surface area (Å²) in [6, 6.07) is 8.42. The average Bonchev–Trinajstić information content (AvgIpc) is 3.14. The largest absolute Gasteiger partial charge is 0.390 e. The fraction of sp³-hybridized carbons (Fsp3) is 0.538. The maximum atomic E-state index is 12.3. The Morgan fingerprint density at radius 2 is 1.81 bits per heavy atom. The van der Waals surface area contributed by atoms with E-state index in [1.165, 1.54) is 0 Å². The molecule has 4 atom stereocenters. The van der Waals surface area contributed by atoms with Crippen LogP contribution >= 0.6 is 0 Å². The normalized spacial score (nSPS) is 34.7. The van der Waals surface area contributed by atoms with Crippen LogP contribution in [0.15, 0.2) is 30.3 Å². The van der Waals surface area contributed by atoms with Crippen LogP contribution in [-0.4, -0.2) is 50.8 Å². The third-order valence-electron chi connectivity index (χ3n) is 4.00. The molecule has 0 amide bonds. The Morgan fingerprint density at radius 1 is 1.14 bits per heavy atom. The summed E-state index contributed by atoms with van der Waals surface area (Å²) >= 11 is 0. The molecule has 21 heavy (non-hydrogen) atoms. The molecule has 1 saturated heterocycles. The molecular formula is C13H17NO5S2. The smallest absolute Gasteiger partial charge is 0.215 e. The van der Waals surface area contributed by atoms with Gasteiger partial charge in [-0.05, 0) is 12.0 Å². The van der Waals surface area contributed by atoms with E-state index < -0.39 is 37.3 Å². The number of sulfone groups is 1. The number of aliphatic hydroxyl groups is 1. The predicted octanol–water partition coefficient (Wildman–Crippen LogP) is -0.380. The summed E-state index contributed by atoms with van der Waals surface area (Å²) < 4.78 is 49.7. The molecule has 1 aromatic rings. The summed E-state index contributed by atoms with van der Waals surface area (Å²) in [5.41, 5.74) is 0.965. The molecule has 0 bridgehead atoms. The molecule has 2 N–H and O–H groups in total. The van der Waals surface area contributed by atoms with Crippen molar-refractivity contribution in [3.63, 3.8) is 0 Å². The molecule has 0 radical (unpaired) electrons. The van der Waals surface area contributed by atoms with Gasteiger partial charge in [0.1, 0.15) is 0 Å². The van der Waals surface area contributed by atoms with E-state index in [1.54, 1.807) is 0 Å². The number of rotatable bonds is 4. The zero-order chi connectivity index (χ0) is 15.3. The van der Waals surface area contributed by atoms with Crippen molar-refractivity contribution in [1.82, 2.24) is 4.72 Å². The van der Waals surface area contributed by atoms with Crippen LogP contribution in [0, 0.1) is 0 Å². The maximum absolute atomic E-state index is 12.3. The molecule has 1 aliphatic carbocycles. The van der Waals surface area contributed by atoms with Crippen LogP contribution in [0.25, 0.3) is 0 Å². The van der Waals surface area contributed by atoms with E-state index in [0.717, 1.165) is 5.56 Å². The van der Waals surface area contributed by atoms with Crippen molar-refractivity contribution in [2.45, 2.75) is 29.7 Å². The minimum atomic E-state index is -3.63. The summed E-state index contributed by atoms with van der Waals surface area (Å²) in [4.78, 5) is 0. The van der Waals surface area contributed by atoms with Gasteiger partial charge >= 0.3 is 0 Å². The lowest BCUT2D eigenvalue weighted by molar-refractivity contribution is 0.176. The monoisotopic (exact) mass is 331 g/mol. The summed E-state index contributed by atoms with van der Waals surface area (Å²) in [5, 5.41) is 9.12. The third kappa shape index (κ3) is 3.13. The minimum Gasteiger partial charge on any atom is -0.390 e. The van der Waals surface area contributed by atoms with Crippen molar-refractivity contribution in [3.8, 4) is 0 Å². The zero-order valence-corrected chi connectivity index (χ0v) is 12.8. The lowest BCUT2D eigenvalue weighted by atomic mass is 10.1. The Balaban J connectivity index is 1.69. The summed E-state index contributed by atoms with van der Waals surface area (Å²) in [6.45, 7) is 0. The Morgan fingerprint density at radius 3 is 2.38 bits per heavy atom. The van der Waals surface area contributed by atoms with E-state index in [2.05, 4.69) is 4.72 Å². The number of hydrogen-bond donors (Lipinski definition) is 2. The van der Waals surface area contributed by atoms with Gasteiger partial charge in [0.05, 0.1) is 28.9 Å². The summed E-state index contributed by atoms with van der Waals surface area (Å²) in [6.07, 6.45) is -0.645. The van der Waals surface area contributed by atoms with Crippen LogP contribution in [0.4, 0.5) is 0 Å². The molecule has 1 aromatic carbocycles. The van der Waals surface area contributed by atoms with Crippen LogP contribution in [0.2, 0.25) is 0 Å². The van der Waals surface area contributed by atoms with Gasteiger partial charge in [-0.2, -0.15) is 0 Å². The van der Waals surface area contributed by atoms with Crippen molar-refractivity contribution in [1.29, 1.82) is 0 Å². The molecule has 0 unspecified atom stereocenters. The highest BCUT2D eigenvalue weighted by Crippen LogP contribution is 2.45. The molecule has 1 saturated carbocycles. The number of hydrogen-bond acceptors (Lipinski definition) is 5. The predicted molar refractivity (Wildman–Crippen MR) is 78.1 cm³/mol. The number of nitrogens with one attached hydrogen (secondary N) is 1. The SMILES string of the molecule is O=S1(=O)C[C@@H](O)[C@H](NS(=O)(=O)[C@@H]2C[C@H]2c2ccccc2)C1. The van der Waals surface area contributed by atoms with Crippen molar-refractivity contribution in [3.05, 3.63) is 35.9 Å². The van der Waals surface area contributed by atoms with E-state index in [-0.39, 0.29) is 17.4 Å². The molecule has 1 aliphatic heterocycles. The fourth-order valence-corrected chi connectivity index (χ4v) is 6.54. The van der Waals surface area contributed by atoms with Gasteiger partial charge in [0.15, 0.2) is 9.84 Å². The first-order valence-corrected chi connectivity index (χ1v) is 10.1. The lowest BCUT2D eigenvalue weighted by Gasteiger charge is -2.15. The summed E-state index contributed by atoms with van der Waals surface area (Å²) in [5.74, 6) is -0.776. The molecule has 1 heterocycles. The zero-order valence-electron chi connectivity index (χ0n) is 11.2. The Bertz CT molecular complexity index is 729. The third-order valence-corrected chi connectivity index (χ3v) is 7.66. The van der Waals surface area contributed by atoms with E-state index in [1.807, 2.05) is 30.3 Å². The number of benzene rings is 1. The van der Waals surface area contributed by atoms with Gasteiger partial charge in [0.2, 0.25) is 10.0 Å². The highest BCUT2D eigenvalue weighted by Gasteiger charge is 2.50. The van der Waals surface area contributed by atoms with E-state index in [4.69, 9.17) is 0 Å². The molecule has 2 aliphatic rings.